The summed E-state index contributed by atoms with van der Waals surface area (Å²) in [5.74, 6) is 1.37. The normalized spacial score (nSPS) is 17.3. The first-order chi connectivity index (χ1) is 15.7. The van der Waals surface area contributed by atoms with Gasteiger partial charge in [0.15, 0.2) is 11.3 Å². The molecule has 4 heterocycles. The second-order valence-electron chi connectivity index (χ2n) is 8.03. The summed E-state index contributed by atoms with van der Waals surface area (Å²) in [5.41, 5.74) is 4.68. The molecule has 7 nitrogen and oxygen atoms in total. The van der Waals surface area contributed by atoms with Gasteiger partial charge in [-0.2, -0.15) is 0 Å². The first-order valence-corrected chi connectivity index (χ1v) is 10.9. The van der Waals surface area contributed by atoms with E-state index >= 15 is 0 Å². The van der Waals surface area contributed by atoms with Crippen LogP contribution in [0.15, 0.2) is 53.5 Å². The number of aromatic nitrogens is 2. The molecule has 0 N–H and O–H groups in total. The Bertz CT molecular complexity index is 1150. The van der Waals surface area contributed by atoms with Gasteiger partial charge < -0.3 is 23.5 Å². The SMILES string of the molecule is Cc1c2n(c(OC[C@@H]3COCCO3)cc1=O)CCc1cc(OCc3ccccn3)ccc1-2. The Balaban J connectivity index is 1.39. The molecule has 2 aromatic heterocycles. The molecular formula is C25H26N2O5. The van der Waals surface area contributed by atoms with Crippen LogP contribution in [0.1, 0.15) is 16.8 Å². The highest BCUT2D eigenvalue weighted by Crippen LogP contribution is 2.35. The van der Waals surface area contributed by atoms with Crippen molar-refractivity contribution >= 4 is 0 Å². The van der Waals surface area contributed by atoms with E-state index in [1.165, 1.54) is 0 Å². The van der Waals surface area contributed by atoms with E-state index in [1.807, 2.05) is 37.3 Å². The Labute approximate surface area is 186 Å². The van der Waals surface area contributed by atoms with Gasteiger partial charge in [0, 0.05) is 29.9 Å². The van der Waals surface area contributed by atoms with Gasteiger partial charge in [-0.3, -0.25) is 9.78 Å². The predicted molar refractivity (Wildman–Crippen MR) is 119 cm³/mol. The van der Waals surface area contributed by atoms with Crippen LogP contribution in [0.4, 0.5) is 0 Å². The number of hydrogen-bond acceptors (Lipinski definition) is 6. The number of rotatable bonds is 6. The summed E-state index contributed by atoms with van der Waals surface area (Å²) in [4.78, 5) is 17.0. The van der Waals surface area contributed by atoms with Gasteiger partial charge in [-0.05, 0) is 49.2 Å². The van der Waals surface area contributed by atoms with Gasteiger partial charge in [0.05, 0.1) is 31.2 Å². The largest absolute Gasteiger partial charge is 0.487 e. The van der Waals surface area contributed by atoms with Crippen molar-refractivity contribution in [3.05, 3.63) is 75.7 Å². The number of ether oxygens (including phenoxy) is 4. The highest BCUT2D eigenvalue weighted by Gasteiger charge is 2.23. The zero-order valence-corrected chi connectivity index (χ0v) is 18.1. The number of hydrogen-bond donors (Lipinski definition) is 0. The van der Waals surface area contributed by atoms with Crippen LogP contribution < -0.4 is 14.9 Å². The molecule has 5 rings (SSSR count). The van der Waals surface area contributed by atoms with Crippen molar-refractivity contribution in [1.29, 1.82) is 0 Å². The van der Waals surface area contributed by atoms with E-state index in [0.29, 0.717) is 38.9 Å². The van der Waals surface area contributed by atoms with Crippen molar-refractivity contribution in [3.63, 3.8) is 0 Å². The topological polar surface area (TPSA) is 71.8 Å². The van der Waals surface area contributed by atoms with E-state index in [-0.39, 0.29) is 11.5 Å². The summed E-state index contributed by atoms with van der Waals surface area (Å²) in [7, 11) is 0. The Kier molecular flexibility index (Phi) is 5.92. The fraction of sp³-hybridized carbons (Fsp3) is 0.360. The zero-order valence-electron chi connectivity index (χ0n) is 18.1. The van der Waals surface area contributed by atoms with Gasteiger partial charge in [-0.1, -0.05) is 6.07 Å². The van der Waals surface area contributed by atoms with E-state index in [0.717, 1.165) is 46.8 Å². The summed E-state index contributed by atoms with van der Waals surface area (Å²) in [6, 6.07) is 13.4. The zero-order chi connectivity index (χ0) is 21.9. The average Bonchev–Trinajstić information content (AvgIpc) is 2.84. The number of fused-ring (bicyclic) bond motifs is 3. The molecule has 2 aliphatic heterocycles. The van der Waals surface area contributed by atoms with Gasteiger partial charge in [0.2, 0.25) is 0 Å². The van der Waals surface area contributed by atoms with Crippen molar-refractivity contribution in [1.82, 2.24) is 9.55 Å². The summed E-state index contributed by atoms with van der Waals surface area (Å²) in [6.45, 7) is 5.06. The second-order valence-corrected chi connectivity index (χ2v) is 8.03. The molecule has 0 saturated carbocycles. The van der Waals surface area contributed by atoms with Crippen molar-refractivity contribution in [2.24, 2.45) is 0 Å². The fourth-order valence-corrected chi connectivity index (χ4v) is 4.20. The molecule has 1 aromatic carbocycles. The maximum absolute atomic E-state index is 12.7. The molecule has 0 radical (unpaired) electrons. The molecule has 1 saturated heterocycles. The maximum Gasteiger partial charge on any atom is 0.197 e. The van der Waals surface area contributed by atoms with Crippen LogP contribution >= 0.6 is 0 Å². The van der Waals surface area contributed by atoms with Gasteiger partial charge in [0.1, 0.15) is 25.1 Å². The van der Waals surface area contributed by atoms with Gasteiger partial charge in [-0.15, -0.1) is 0 Å². The van der Waals surface area contributed by atoms with E-state index in [4.69, 9.17) is 18.9 Å². The quantitative estimate of drug-likeness (QED) is 0.594. The lowest BCUT2D eigenvalue weighted by atomic mass is 9.94. The molecule has 7 heteroatoms. The molecule has 0 aliphatic carbocycles. The molecule has 0 unspecified atom stereocenters. The smallest absolute Gasteiger partial charge is 0.197 e. The van der Waals surface area contributed by atoms with E-state index < -0.39 is 0 Å². The molecule has 0 bridgehead atoms. The standard InChI is InChI=1S/C25H26N2O5/c1-17-23(28)13-24(32-16-21-15-29-10-11-30-21)27-9-7-18-12-20(5-6-22(18)25(17)27)31-14-19-4-2-3-8-26-19/h2-6,8,12-13,21H,7,9-11,14-16H2,1H3/t21-/m0/s1. The van der Waals surface area contributed by atoms with Crippen molar-refractivity contribution in [3.8, 4) is 22.9 Å². The molecule has 1 atom stereocenters. The monoisotopic (exact) mass is 434 g/mol. The lowest BCUT2D eigenvalue weighted by molar-refractivity contribution is -0.102. The van der Waals surface area contributed by atoms with Crippen LogP contribution in [0.2, 0.25) is 0 Å². The molecule has 0 amide bonds. The first kappa shape index (κ1) is 20.7. The molecule has 3 aromatic rings. The van der Waals surface area contributed by atoms with E-state index in [2.05, 4.69) is 15.6 Å². The molecular weight excluding hydrogens is 408 g/mol. The molecule has 32 heavy (non-hydrogen) atoms. The van der Waals surface area contributed by atoms with Crippen LogP contribution in [0, 0.1) is 6.92 Å². The van der Waals surface area contributed by atoms with Crippen LogP contribution in [0.3, 0.4) is 0 Å². The lowest BCUT2D eigenvalue weighted by Crippen LogP contribution is -2.34. The Morgan fingerprint density at radius 3 is 2.91 bits per heavy atom. The predicted octanol–water partition coefficient (Wildman–Crippen LogP) is 3.15. The van der Waals surface area contributed by atoms with E-state index in [1.54, 1.807) is 12.3 Å². The third-order valence-corrected chi connectivity index (χ3v) is 5.87. The fourth-order valence-electron chi connectivity index (χ4n) is 4.20. The molecule has 0 spiro atoms. The summed E-state index contributed by atoms with van der Waals surface area (Å²) < 4.78 is 25.2. The third kappa shape index (κ3) is 4.26. The number of aryl methyl sites for hydroxylation is 1. The van der Waals surface area contributed by atoms with E-state index in [9.17, 15) is 4.79 Å². The van der Waals surface area contributed by atoms with Gasteiger partial charge in [0.25, 0.3) is 0 Å². The van der Waals surface area contributed by atoms with Crippen LogP contribution in [0.5, 0.6) is 11.6 Å². The minimum absolute atomic E-state index is 0.0320. The number of benzene rings is 1. The van der Waals surface area contributed by atoms with Crippen LogP contribution in [-0.2, 0) is 29.0 Å². The van der Waals surface area contributed by atoms with Crippen molar-refractivity contribution in [2.75, 3.05) is 26.4 Å². The lowest BCUT2D eigenvalue weighted by Gasteiger charge is -2.28. The highest BCUT2D eigenvalue weighted by molar-refractivity contribution is 5.70. The first-order valence-electron chi connectivity index (χ1n) is 10.9. The molecule has 1 fully saturated rings. The Hall–Kier alpha value is -3.16. The molecule has 166 valence electrons. The summed E-state index contributed by atoms with van der Waals surface area (Å²) >= 11 is 0. The number of nitrogens with zero attached hydrogens (tertiary/aromatic N) is 2. The maximum atomic E-state index is 12.7. The Morgan fingerprint density at radius 2 is 2.09 bits per heavy atom. The van der Waals surface area contributed by atoms with Gasteiger partial charge in [-0.25, -0.2) is 0 Å². The van der Waals surface area contributed by atoms with Gasteiger partial charge >= 0.3 is 0 Å². The minimum atomic E-state index is -0.119. The average molecular weight is 434 g/mol. The Morgan fingerprint density at radius 1 is 1.16 bits per heavy atom. The van der Waals surface area contributed by atoms with Crippen molar-refractivity contribution < 1.29 is 18.9 Å². The van der Waals surface area contributed by atoms with Crippen molar-refractivity contribution in [2.45, 2.75) is 32.6 Å². The number of pyridine rings is 2. The van der Waals surface area contributed by atoms with Crippen LogP contribution in [0.25, 0.3) is 11.3 Å². The minimum Gasteiger partial charge on any atom is -0.487 e. The summed E-state index contributed by atoms with van der Waals surface area (Å²) in [6.07, 6.45) is 2.46. The third-order valence-electron chi connectivity index (χ3n) is 5.87. The summed E-state index contributed by atoms with van der Waals surface area (Å²) in [5, 5.41) is 0. The molecule has 2 aliphatic rings. The van der Waals surface area contributed by atoms with Crippen LogP contribution in [-0.4, -0.2) is 42.1 Å². The second kappa shape index (κ2) is 9.14. The highest BCUT2D eigenvalue weighted by atomic mass is 16.6.